The van der Waals surface area contributed by atoms with E-state index in [0.717, 1.165) is 36.1 Å². The van der Waals surface area contributed by atoms with Gasteiger partial charge in [0.2, 0.25) is 5.91 Å². The second kappa shape index (κ2) is 7.78. The molecule has 3 rings (SSSR count). The molecular formula is C17H22N6O2. The predicted molar refractivity (Wildman–Crippen MR) is 93.2 cm³/mol. The lowest BCUT2D eigenvalue weighted by Gasteiger charge is -2.22. The van der Waals surface area contributed by atoms with Crippen molar-refractivity contribution < 1.29 is 9.59 Å². The Balaban J connectivity index is 1.35. The second-order valence-electron chi connectivity index (χ2n) is 6.23. The lowest BCUT2D eigenvalue weighted by molar-refractivity contribution is -0.116. The van der Waals surface area contributed by atoms with Crippen molar-refractivity contribution in [3.63, 3.8) is 0 Å². The van der Waals surface area contributed by atoms with Gasteiger partial charge in [0.05, 0.1) is 6.20 Å². The van der Waals surface area contributed by atoms with Gasteiger partial charge in [-0.2, -0.15) is 5.10 Å². The van der Waals surface area contributed by atoms with E-state index in [4.69, 9.17) is 0 Å². The molecule has 1 atom stereocenters. The van der Waals surface area contributed by atoms with Gasteiger partial charge in [-0.05, 0) is 43.4 Å². The highest BCUT2D eigenvalue weighted by molar-refractivity contribution is 5.90. The van der Waals surface area contributed by atoms with Crippen molar-refractivity contribution in [2.45, 2.75) is 38.6 Å². The summed E-state index contributed by atoms with van der Waals surface area (Å²) in [5, 5.41) is 15.4. The van der Waals surface area contributed by atoms with E-state index in [2.05, 4.69) is 31.1 Å². The lowest BCUT2D eigenvalue weighted by atomic mass is 9.94. The third-order valence-electron chi connectivity index (χ3n) is 4.17. The average molecular weight is 342 g/mol. The number of hydrogen-bond donors (Lipinski definition) is 4. The molecule has 2 aromatic heterocycles. The number of amides is 3. The third-order valence-corrected chi connectivity index (χ3v) is 4.17. The summed E-state index contributed by atoms with van der Waals surface area (Å²) in [6.07, 6.45) is 6.23. The highest BCUT2D eigenvalue weighted by atomic mass is 16.2. The van der Waals surface area contributed by atoms with Gasteiger partial charge in [-0.3, -0.25) is 9.89 Å². The number of aryl methyl sites for hydroxylation is 2. The van der Waals surface area contributed by atoms with Crippen LogP contribution in [0.5, 0.6) is 0 Å². The van der Waals surface area contributed by atoms with Gasteiger partial charge in [0.25, 0.3) is 0 Å². The molecule has 0 aromatic carbocycles. The molecule has 3 amide bonds. The number of aromatic amines is 1. The fraction of sp³-hybridized carbons (Fsp3) is 0.412. The zero-order valence-electron chi connectivity index (χ0n) is 14.1. The maximum absolute atomic E-state index is 11.9. The van der Waals surface area contributed by atoms with Gasteiger partial charge < -0.3 is 16.0 Å². The second-order valence-corrected chi connectivity index (χ2v) is 6.23. The smallest absolute Gasteiger partial charge is 0.315 e. The van der Waals surface area contributed by atoms with Crippen LogP contribution in [0.3, 0.4) is 0 Å². The quantitative estimate of drug-likeness (QED) is 0.656. The number of fused-ring (bicyclic) bond motifs is 1. The highest BCUT2D eigenvalue weighted by Gasteiger charge is 2.21. The first kappa shape index (κ1) is 16.9. The van der Waals surface area contributed by atoms with E-state index in [0.29, 0.717) is 5.82 Å². The summed E-state index contributed by atoms with van der Waals surface area (Å²) < 4.78 is 0. The number of urea groups is 1. The molecule has 0 fully saturated rings. The fourth-order valence-corrected chi connectivity index (χ4v) is 2.81. The van der Waals surface area contributed by atoms with Crippen molar-refractivity contribution in [1.82, 2.24) is 25.8 Å². The predicted octanol–water partition coefficient (Wildman–Crippen LogP) is 1.30. The minimum Gasteiger partial charge on any atom is -0.338 e. The van der Waals surface area contributed by atoms with Gasteiger partial charge in [-0.1, -0.05) is 6.07 Å². The largest absolute Gasteiger partial charge is 0.338 e. The average Bonchev–Trinajstić information content (AvgIpc) is 3.04. The van der Waals surface area contributed by atoms with E-state index in [1.807, 2.05) is 19.2 Å². The van der Waals surface area contributed by atoms with Crippen LogP contribution < -0.4 is 16.0 Å². The molecule has 2 heterocycles. The van der Waals surface area contributed by atoms with Crippen molar-refractivity contribution in [3.05, 3.63) is 41.3 Å². The molecule has 1 aliphatic rings. The standard InChI is InChI=1S/C17H22N6O2/c1-11-2-5-15(19-9-11)22-16(24)6-7-18-17(25)21-13-3-4-14-12(8-13)10-20-23-14/h2,5,9-10,13H,3-4,6-8H2,1H3,(H,20,23)(H2,18,21,25)(H,19,22,24)/t13-/m0/s1. The molecule has 0 saturated heterocycles. The number of anilines is 1. The monoisotopic (exact) mass is 342 g/mol. The van der Waals surface area contributed by atoms with Crippen LogP contribution in [0, 0.1) is 6.92 Å². The van der Waals surface area contributed by atoms with Crippen LogP contribution in [0.4, 0.5) is 10.6 Å². The van der Waals surface area contributed by atoms with Crippen molar-refractivity contribution in [2.24, 2.45) is 0 Å². The van der Waals surface area contributed by atoms with Gasteiger partial charge in [0.15, 0.2) is 0 Å². The van der Waals surface area contributed by atoms with Crippen LogP contribution in [-0.4, -0.2) is 39.7 Å². The molecule has 2 aromatic rings. The summed E-state index contributed by atoms with van der Waals surface area (Å²) in [6, 6.07) is 3.47. The SMILES string of the molecule is Cc1ccc(NC(=O)CCNC(=O)N[C@H]2CCc3[nH]ncc3C2)nc1. The Morgan fingerprint density at radius 3 is 3.00 bits per heavy atom. The van der Waals surface area contributed by atoms with Crippen molar-refractivity contribution in [3.8, 4) is 0 Å². The Morgan fingerprint density at radius 2 is 2.20 bits per heavy atom. The molecule has 0 radical (unpaired) electrons. The molecule has 0 spiro atoms. The summed E-state index contributed by atoms with van der Waals surface area (Å²) in [5.41, 5.74) is 3.34. The molecule has 25 heavy (non-hydrogen) atoms. The molecule has 0 aliphatic heterocycles. The summed E-state index contributed by atoms with van der Waals surface area (Å²) in [5.74, 6) is 0.329. The first-order valence-electron chi connectivity index (χ1n) is 8.38. The van der Waals surface area contributed by atoms with Gasteiger partial charge in [-0.15, -0.1) is 0 Å². The number of pyridine rings is 1. The lowest BCUT2D eigenvalue weighted by Crippen LogP contribution is -2.45. The number of hydrogen-bond acceptors (Lipinski definition) is 4. The van der Waals surface area contributed by atoms with Crippen LogP contribution in [-0.2, 0) is 17.6 Å². The molecule has 0 saturated carbocycles. The number of carbonyl (C=O) groups is 2. The number of nitrogens with one attached hydrogen (secondary N) is 4. The Morgan fingerprint density at radius 1 is 1.32 bits per heavy atom. The molecule has 8 nitrogen and oxygen atoms in total. The van der Waals surface area contributed by atoms with Crippen LogP contribution in [0.2, 0.25) is 0 Å². The first-order valence-corrected chi connectivity index (χ1v) is 8.38. The van der Waals surface area contributed by atoms with Gasteiger partial charge in [0, 0.05) is 30.9 Å². The Bertz CT molecular complexity index is 740. The van der Waals surface area contributed by atoms with E-state index >= 15 is 0 Å². The minimum absolute atomic E-state index is 0.0932. The summed E-state index contributed by atoms with van der Waals surface area (Å²) in [7, 11) is 0. The van der Waals surface area contributed by atoms with Gasteiger partial charge in [-0.25, -0.2) is 9.78 Å². The maximum atomic E-state index is 11.9. The highest BCUT2D eigenvalue weighted by Crippen LogP contribution is 2.18. The molecule has 4 N–H and O–H groups in total. The van der Waals surface area contributed by atoms with Crippen LogP contribution in [0.25, 0.3) is 0 Å². The molecule has 8 heteroatoms. The van der Waals surface area contributed by atoms with Crippen molar-refractivity contribution in [2.75, 3.05) is 11.9 Å². The number of H-pyrrole nitrogens is 1. The summed E-state index contributed by atoms with van der Waals surface area (Å²) in [6.45, 7) is 2.20. The molecule has 0 unspecified atom stereocenters. The van der Waals surface area contributed by atoms with Crippen molar-refractivity contribution in [1.29, 1.82) is 0 Å². The summed E-state index contributed by atoms with van der Waals surface area (Å²) in [4.78, 5) is 27.9. The first-order chi connectivity index (χ1) is 12.1. The maximum Gasteiger partial charge on any atom is 0.315 e. The number of aromatic nitrogens is 3. The summed E-state index contributed by atoms with van der Waals surface area (Å²) >= 11 is 0. The fourth-order valence-electron chi connectivity index (χ4n) is 2.81. The Kier molecular flexibility index (Phi) is 5.27. The van der Waals surface area contributed by atoms with E-state index in [9.17, 15) is 9.59 Å². The Labute approximate surface area is 145 Å². The van der Waals surface area contributed by atoms with Crippen molar-refractivity contribution >= 4 is 17.8 Å². The minimum atomic E-state index is -0.252. The topological polar surface area (TPSA) is 112 Å². The van der Waals surface area contributed by atoms with Gasteiger partial charge in [0.1, 0.15) is 5.82 Å². The molecule has 1 aliphatic carbocycles. The van der Waals surface area contributed by atoms with Crippen LogP contribution in [0.15, 0.2) is 24.5 Å². The Hall–Kier alpha value is -2.90. The van der Waals surface area contributed by atoms with E-state index < -0.39 is 0 Å². The van der Waals surface area contributed by atoms with E-state index in [1.165, 1.54) is 0 Å². The molecule has 0 bridgehead atoms. The van der Waals surface area contributed by atoms with Crippen LogP contribution >= 0.6 is 0 Å². The number of rotatable bonds is 5. The van der Waals surface area contributed by atoms with E-state index in [1.54, 1.807) is 12.3 Å². The zero-order chi connectivity index (χ0) is 17.6. The molecular weight excluding hydrogens is 320 g/mol. The molecule has 132 valence electrons. The third kappa shape index (κ3) is 4.79. The number of nitrogens with zero attached hydrogens (tertiary/aromatic N) is 2. The van der Waals surface area contributed by atoms with Crippen LogP contribution in [0.1, 0.15) is 29.7 Å². The number of carbonyl (C=O) groups excluding carboxylic acids is 2. The van der Waals surface area contributed by atoms with Gasteiger partial charge >= 0.3 is 6.03 Å². The van der Waals surface area contributed by atoms with E-state index in [-0.39, 0.29) is 30.9 Å². The normalized spacial score (nSPS) is 16.0. The zero-order valence-corrected chi connectivity index (χ0v) is 14.1.